The zero-order valence-corrected chi connectivity index (χ0v) is 7.04. The van der Waals surface area contributed by atoms with Gasteiger partial charge < -0.3 is 15.7 Å². The van der Waals surface area contributed by atoms with Crippen LogP contribution in [0.3, 0.4) is 0 Å². The molecule has 0 saturated carbocycles. The molecule has 0 rings (SSSR count). The molecule has 0 aromatic carbocycles. The van der Waals surface area contributed by atoms with Gasteiger partial charge in [-0.3, -0.25) is 0 Å². The minimum Gasteiger partial charge on any atom is -0.392 e. The quantitative estimate of drug-likeness (QED) is 0.570. The summed E-state index contributed by atoms with van der Waals surface area (Å²) in [5, 5.41) is 8.99. The molecule has 0 amide bonds. The maximum Gasteiger partial charge on any atom is 0.0663 e. The third-order valence-electron chi connectivity index (χ3n) is 1.53. The first-order chi connectivity index (χ1) is 4.54. The fourth-order valence-electron chi connectivity index (χ4n) is 0.648. The molecule has 0 fully saturated rings. The van der Waals surface area contributed by atoms with Crippen LogP contribution in [0.25, 0.3) is 0 Å². The highest BCUT2D eigenvalue weighted by Crippen LogP contribution is 1.94. The van der Waals surface area contributed by atoms with E-state index in [-0.39, 0.29) is 12.1 Å². The van der Waals surface area contributed by atoms with Gasteiger partial charge in [-0.25, -0.2) is 0 Å². The van der Waals surface area contributed by atoms with Gasteiger partial charge in [0.2, 0.25) is 0 Å². The molecule has 0 heterocycles. The Kier molecular flexibility index (Phi) is 4.60. The highest BCUT2D eigenvalue weighted by Gasteiger charge is 2.08. The van der Waals surface area contributed by atoms with Gasteiger partial charge in [0, 0.05) is 6.04 Å². The number of nitrogens with zero attached hydrogens (tertiary/aromatic N) is 1. The summed E-state index contributed by atoms with van der Waals surface area (Å²) < 4.78 is 0. The Bertz CT molecular complexity index is 83.7. The fraction of sp³-hybridized carbons (Fsp3) is 1.00. The molecule has 3 N–H and O–H groups in total. The number of aliphatic hydroxyl groups is 1. The minimum absolute atomic E-state index is 0.0811. The van der Waals surface area contributed by atoms with Gasteiger partial charge in [-0.05, 0) is 34.0 Å². The summed E-state index contributed by atoms with van der Waals surface area (Å²) in [5.41, 5.74) is 5.59. The third kappa shape index (κ3) is 4.73. The molecule has 3 nitrogen and oxygen atoms in total. The summed E-state index contributed by atoms with van der Waals surface area (Å²) in [5.74, 6) is 0. The predicted molar refractivity (Wildman–Crippen MR) is 42.8 cm³/mol. The summed E-state index contributed by atoms with van der Waals surface area (Å²) in [6, 6.07) is -0.0811. The van der Waals surface area contributed by atoms with E-state index < -0.39 is 0 Å². The zero-order valence-electron chi connectivity index (χ0n) is 7.04. The van der Waals surface area contributed by atoms with Gasteiger partial charge in [0.25, 0.3) is 0 Å². The van der Waals surface area contributed by atoms with Crippen LogP contribution in [0.2, 0.25) is 0 Å². The minimum atomic E-state index is -0.389. The number of aliphatic hydroxyl groups excluding tert-OH is 1. The van der Waals surface area contributed by atoms with E-state index in [9.17, 15) is 0 Å². The Labute approximate surface area is 62.8 Å². The number of nitrogens with two attached hydrogens (primary N) is 1. The molecule has 0 aliphatic heterocycles. The van der Waals surface area contributed by atoms with Crippen molar-refractivity contribution in [3.63, 3.8) is 0 Å². The lowest BCUT2D eigenvalue weighted by molar-refractivity contribution is 0.154. The topological polar surface area (TPSA) is 49.5 Å². The van der Waals surface area contributed by atoms with E-state index in [4.69, 9.17) is 10.8 Å². The van der Waals surface area contributed by atoms with Crippen LogP contribution in [-0.2, 0) is 0 Å². The van der Waals surface area contributed by atoms with E-state index >= 15 is 0 Å². The second-order valence-corrected chi connectivity index (χ2v) is 3.00. The summed E-state index contributed by atoms with van der Waals surface area (Å²) >= 11 is 0. The van der Waals surface area contributed by atoms with Crippen LogP contribution in [0, 0.1) is 0 Å². The average Bonchev–Trinajstić information content (AvgIpc) is 1.82. The molecule has 0 bridgehead atoms. The van der Waals surface area contributed by atoms with Gasteiger partial charge in [0.05, 0.1) is 6.10 Å². The van der Waals surface area contributed by atoms with E-state index in [1.54, 1.807) is 6.92 Å². The lowest BCUT2D eigenvalue weighted by Gasteiger charge is -2.16. The second kappa shape index (κ2) is 4.66. The Morgan fingerprint density at radius 2 is 2.00 bits per heavy atom. The van der Waals surface area contributed by atoms with Crippen LogP contribution >= 0.6 is 0 Å². The molecule has 0 aliphatic carbocycles. The first-order valence-electron chi connectivity index (χ1n) is 3.62. The molecule has 3 heteroatoms. The Morgan fingerprint density at radius 3 is 2.30 bits per heavy atom. The SMILES string of the molecule is CC(O)C(N)CCN(C)C. The van der Waals surface area contributed by atoms with Crippen molar-refractivity contribution in [2.24, 2.45) is 5.73 Å². The summed E-state index contributed by atoms with van der Waals surface area (Å²) in [7, 11) is 3.99. The van der Waals surface area contributed by atoms with Crippen molar-refractivity contribution in [3.05, 3.63) is 0 Å². The largest absolute Gasteiger partial charge is 0.392 e. The standard InChI is InChI=1S/C7H18N2O/c1-6(10)7(8)4-5-9(2)3/h6-7,10H,4-5,8H2,1-3H3. The van der Waals surface area contributed by atoms with Crippen LogP contribution in [0.15, 0.2) is 0 Å². The van der Waals surface area contributed by atoms with Gasteiger partial charge in [0.15, 0.2) is 0 Å². The first-order valence-corrected chi connectivity index (χ1v) is 3.62. The van der Waals surface area contributed by atoms with E-state index in [1.165, 1.54) is 0 Å². The summed E-state index contributed by atoms with van der Waals surface area (Å²) in [6.45, 7) is 2.66. The van der Waals surface area contributed by atoms with E-state index in [0.717, 1.165) is 13.0 Å². The number of hydrogen-bond acceptors (Lipinski definition) is 3. The van der Waals surface area contributed by atoms with Gasteiger partial charge in [0.1, 0.15) is 0 Å². The Balaban J connectivity index is 3.30. The highest BCUT2D eigenvalue weighted by atomic mass is 16.3. The van der Waals surface area contributed by atoms with Crippen LogP contribution < -0.4 is 5.73 Å². The lowest BCUT2D eigenvalue weighted by atomic mass is 10.1. The normalized spacial score (nSPS) is 17.4. The number of hydrogen-bond donors (Lipinski definition) is 2. The van der Waals surface area contributed by atoms with Crippen molar-refractivity contribution in [2.45, 2.75) is 25.5 Å². The van der Waals surface area contributed by atoms with Crippen LogP contribution in [0.5, 0.6) is 0 Å². The van der Waals surface area contributed by atoms with Crippen molar-refractivity contribution in [3.8, 4) is 0 Å². The van der Waals surface area contributed by atoms with E-state index in [0.29, 0.717) is 0 Å². The van der Waals surface area contributed by atoms with Crippen LogP contribution in [-0.4, -0.2) is 42.8 Å². The second-order valence-electron chi connectivity index (χ2n) is 3.00. The lowest BCUT2D eigenvalue weighted by Crippen LogP contribution is -2.35. The maximum atomic E-state index is 8.99. The molecule has 2 unspecified atom stereocenters. The van der Waals surface area contributed by atoms with Crippen molar-refractivity contribution in [1.82, 2.24) is 4.90 Å². The monoisotopic (exact) mass is 146 g/mol. The number of rotatable bonds is 4. The Morgan fingerprint density at radius 1 is 1.50 bits per heavy atom. The zero-order chi connectivity index (χ0) is 8.15. The molecule has 2 atom stereocenters. The molecule has 0 aliphatic rings. The first kappa shape index (κ1) is 9.88. The predicted octanol–water partition coefficient (Wildman–Crippen LogP) is -0.354. The molecular weight excluding hydrogens is 128 g/mol. The highest BCUT2D eigenvalue weighted by molar-refractivity contribution is 4.67. The third-order valence-corrected chi connectivity index (χ3v) is 1.53. The van der Waals surface area contributed by atoms with Crippen molar-refractivity contribution >= 4 is 0 Å². The van der Waals surface area contributed by atoms with E-state index in [2.05, 4.69) is 4.90 Å². The fourth-order valence-corrected chi connectivity index (χ4v) is 0.648. The molecular formula is C7H18N2O. The molecule has 0 radical (unpaired) electrons. The van der Waals surface area contributed by atoms with Gasteiger partial charge in [-0.2, -0.15) is 0 Å². The molecule has 0 spiro atoms. The van der Waals surface area contributed by atoms with Crippen LogP contribution in [0.4, 0.5) is 0 Å². The van der Waals surface area contributed by atoms with E-state index in [1.807, 2.05) is 14.1 Å². The molecule has 0 saturated heterocycles. The van der Waals surface area contributed by atoms with Gasteiger partial charge >= 0.3 is 0 Å². The van der Waals surface area contributed by atoms with Gasteiger partial charge in [-0.15, -0.1) is 0 Å². The molecule has 10 heavy (non-hydrogen) atoms. The maximum absolute atomic E-state index is 8.99. The van der Waals surface area contributed by atoms with Crippen LogP contribution in [0.1, 0.15) is 13.3 Å². The summed E-state index contributed by atoms with van der Waals surface area (Å²) in [6.07, 6.45) is 0.463. The molecule has 0 aromatic heterocycles. The molecule has 62 valence electrons. The Hall–Kier alpha value is -0.120. The summed E-state index contributed by atoms with van der Waals surface area (Å²) in [4.78, 5) is 2.06. The van der Waals surface area contributed by atoms with Gasteiger partial charge in [-0.1, -0.05) is 0 Å². The van der Waals surface area contributed by atoms with Crippen molar-refractivity contribution in [2.75, 3.05) is 20.6 Å². The van der Waals surface area contributed by atoms with Crippen molar-refractivity contribution < 1.29 is 5.11 Å². The average molecular weight is 146 g/mol. The smallest absolute Gasteiger partial charge is 0.0663 e. The van der Waals surface area contributed by atoms with Crippen molar-refractivity contribution in [1.29, 1.82) is 0 Å². The molecule has 0 aromatic rings.